The number of likely N-dealkylation sites (tertiary alicyclic amines) is 1. The molecule has 1 atom stereocenters. The van der Waals surface area contributed by atoms with Gasteiger partial charge in [0.2, 0.25) is 5.91 Å². The summed E-state index contributed by atoms with van der Waals surface area (Å²) in [5.74, 6) is 0.000600. The van der Waals surface area contributed by atoms with E-state index in [4.69, 9.17) is 0 Å². The Bertz CT molecular complexity index is 955. The van der Waals surface area contributed by atoms with Gasteiger partial charge in [-0.05, 0) is 32.3 Å². The Labute approximate surface area is 144 Å². The predicted molar refractivity (Wildman–Crippen MR) is 91.1 cm³/mol. The average molecular weight is 340 g/mol. The molecule has 4 rings (SSSR count). The summed E-state index contributed by atoms with van der Waals surface area (Å²) < 4.78 is 3.05. The number of nitrogens with zero attached hydrogens (tertiary/aromatic N) is 5. The Morgan fingerprint density at radius 3 is 3.04 bits per heavy atom. The van der Waals surface area contributed by atoms with Gasteiger partial charge in [0, 0.05) is 36.8 Å². The zero-order valence-electron chi connectivity index (χ0n) is 14.1. The fraction of sp³-hybridized carbons (Fsp3) is 0.412. The molecule has 1 saturated heterocycles. The molecule has 0 radical (unpaired) electrons. The highest BCUT2D eigenvalue weighted by atomic mass is 16.2. The van der Waals surface area contributed by atoms with Gasteiger partial charge in [0.05, 0.1) is 11.7 Å². The fourth-order valence-electron chi connectivity index (χ4n) is 3.46. The molecule has 25 heavy (non-hydrogen) atoms. The Morgan fingerprint density at radius 2 is 2.24 bits per heavy atom. The molecule has 1 aliphatic heterocycles. The van der Waals surface area contributed by atoms with Crippen LogP contribution in [0.15, 0.2) is 35.4 Å². The van der Waals surface area contributed by atoms with Crippen molar-refractivity contribution in [2.45, 2.75) is 38.8 Å². The Kier molecular flexibility index (Phi) is 3.87. The van der Waals surface area contributed by atoms with Gasteiger partial charge in [0.1, 0.15) is 6.54 Å². The highest BCUT2D eigenvalue weighted by Gasteiger charge is 2.29. The first-order valence-electron chi connectivity index (χ1n) is 8.48. The van der Waals surface area contributed by atoms with E-state index in [-0.39, 0.29) is 24.1 Å². The number of amides is 1. The monoisotopic (exact) mass is 340 g/mol. The van der Waals surface area contributed by atoms with Crippen LogP contribution in [0, 0.1) is 6.92 Å². The molecule has 1 N–H and O–H groups in total. The second kappa shape index (κ2) is 6.19. The molecule has 8 nitrogen and oxygen atoms in total. The molecule has 0 aromatic carbocycles. The van der Waals surface area contributed by atoms with Gasteiger partial charge in [-0.25, -0.2) is 9.50 Å². The fourth-order valence-corrected chi connectivity index (χ4v) is 3.46. The molecule has 8 heteroatoms. The number of carbonyl (C=O) groups excluding carboxylic acids is 1. The van der Waals surface area contributed by atoms with Crippen LogP contribution in [-0.2, 0) is 11.3 Å². The second-order valence-electron chi connectivity index (χ2n) is 6.45. The largest absolute Gasteiger partial charge is 0.332 e. The number of aryl methyl sites for hydroxylation is 1. The van der Waals surface area contributed by atoms with Gasteiger partial charge >= 0.3 is 0 Å². The van der Waals surface area contributed by atoms with E-state index in [0.717, 1.165) is 25.0 Å². The Morgan fingerprint density at radius 1 is 1.36 bits per heavy atom. The minimum absolute atomic E-state index is 0.000600. The molecule has 0 spiro atoms. The minimum Gasteiger partial charge on any atom is -0.332 e. The van der Waals surface area contributed by atoms with Gasteiger partial charge in [-0.15, -0.1) is 0 Å². The van der Waals surface area contributed by atoms with Gasteiger partial charge < -0.3 is 4.90 Å². The highest BCUT2D eigenvalue weighted by molar-refractivity contribution is 5.76. The molecule has 1 fully saturated rings. The summed E-state index contributed by atoms with van der Waals surface area (Å²) in [5.41, 5.74) is 1.97. The molecular formula is C17H20N6O2. The number of aromatic amines is 1. The van der Waals surface area contributed by atoms with Crippen molar-refractivity contribution in [3.8, 4) is 0 Å². The lowest BCUT2D eigenvalue weighted by molar-refractivity contribution is -0.136. The van der Waals surface area contributed by atoms with E-state index in [1.165, 1.54) is 10.6 Å². The Hall–Kier alpha value is -2.90. The number of aromatic nitrogens is 5. The normalized spacial score (nSPS) is 18.0. The van der Waals surface area contributed by atoms with Crippen LogP contribution in [0.1, 0.15) is 36.7 Å². The number of rotatable bonds is 3. The van der Waals surface area contributed by atoms with Crippen molar-refractivity contribution in [2.24, 2.45) is 0 Å². The molecular weight excluding hydrogens is 320 g/mol. The summed E-state index contributed by atoms with van der Waals surface area (Å²) >= 11 is 0. The number of fused-ring (bicyclic) bond motifs is 1. The van der Waals surface area contributed by atoms with Crippen molar-refractivity contribution >= 4 is 11.6 Å². The van der Waals surface area contributed by atoms with Crippen molar-refractivity contribution < 1.29 is 4.79 Å². The molecule has 0 saturated carbocycles. The third kappa shape index (κ3) is 2.95. The number of piperidine rings is 1. The maximum absolute atomic E-state index is 12.7. The van der Waals surface area contributed by atoms with Gasteiger partial charge in [0.25, 0.3) is 5.56 Å². The van der Waals surface area contributed by atoms with Crippen LogP contribution < -0.4 is 5.56 Å². The van der Waals surface area contributed by atoms with Crippen LogP contribution in [0.5, 0.6) is 0 Å². The zero-order valence-corrected chi connectivity index (χ0v) is 14.1. The molecule has 130 valence electrons. The van der Waals surface area contributed by atoms with Crippen LogP contribution in [0.25, 0.3) is 5.65 Å². The lowest BCUT2D eigenvalue weighted by Gasteiger charge is -2.35. The average Bonchev–Trinajstić information content (AvgIpc) is 3.23. The number of hydrogen-bond donors (Lipinski definition) is 1. The summed E-state index contributed by atoms with van der Waals surface area (Å²) in [5, 5.41) is 7.07. The van der Waals surface area contributed by atoms with Crippen LogP contribution in [0.4, 0.5) is 0 Å². The standard InChI is InChI=1S/C17H20N6O2/c1-12-9-15-19-13(10-16(24)23(15)20-12)14-5-2-3-8-22(14)17(25)11-21-7-4-6-18-21/h4,6-7,9-10,14,20H,2-3,5,8,11H2,1H3/t14-/m1/s1. The second-order valence-corrected chi connectivity index (χ2v) is 6.45. The van der Waals surface area contributed by atoms with Crippen molar-refractivity contribution in [2.75, 3.05) is 6.54 Å². The van der Waals surface area contributed by atoms with Crippen molar-refractivity contribution in [1.82, 2.24) is 29.3 Å². The van der Waals surface area contributed by atoms with Gasteiger partial charge in [-0.1, -0.05) is 0 Å². The molecule has 0 unspecified atom stereocenters. The third-order valence-electron chi connectivity index (χ3n) is 4.62. The summed E-state index contributed by atoms with van der Waals surface area (Å²) in [7, 11) is 0. The maximum Gasteiger partial charge on any atom is 0.272 e. The van der Waals surface area contributed by atoms with Crippen molar-refractivity contribution in [1.29, 1.82) is 0 Å². The first-order valence-corrected chi connectivity index (χ1v) is 8.48. The van der Waals surface area contributed by atoms with E-state index in [0.29, 0.717) is 17.9 Å². The molecule has 3 aromatic rings. The van der Waals surface area contributed by atoms with E-state index in [9.17, 15) is 9.59 Å². The number of hydrogen-bond acceptors (Lipinski definition) is 4. The SMILES string of the molecule is Cc1cc2nc([C@H]3CCCCN3C(=O)Cn3cccn3)cc(=O)n2[nH]1. The van der Waals surface area contributed by atoms with Gasteiger partial charge in [-0.2, -0.15) is 5.10 Å². The van der Waals surface area contributed by atoms with Crippen LogP contribution in [0.2, 0.25) is 0 Å². The van der Waals surface area contributed by atoms with Crippen LogP contribution in [0.3, 0.4) is 0 Å². The lowest BCUT2D eigenvalue weighted by atomic mass is 9.99. The maximum atomic E-state index is 12.7. The van der Waals surface area contributed by atoms with E-state index in [1.54, 1.807) is 23.1 Å². The first kappa shape index (κ1) is 15.6. The van der Waals surface area contributed by atoms with E-state index in [2.05, 4.69) is 15.2 Å². The van der Waals surface area contributed by atoms with Gasteiger partial charge in [-0.3, -0.25) is 19.4 Å². The molecule has 1 aliphatic rings. The molecule has 0 aliphatic carbocycles. The summed E-state index contributed by atoms with van der Waals surface area (Å²) in [6, 6.07) is 5.01. The summed E-state index contributed by atoms with van der Waals surface area (Å²) in [4.78, 5) is 31.6. The van der Waals surface area contributed by atoms with Crippen molar-refractivity contribution in [3.63, 3.8) is 0 Å². The number of nitrogens with one attached hydrogen (secondary N) is 1. The number of carbonyl (C=O) groups is 1. The zero-order chi connectivity index (χ0) is 17.4. The molecule has 0 bridgehead atoms. The Balaban J connectivity index is 1.66. The first-order chi connectivity index (χ1) is 12.1. The van der Waals surface area contributed by atoms with Crippen LogP contribution >= 0.6 is 0 Å². The predicted octanol–water partition coefficient (Wildman–Crippen LogP) is 1.28. The topological polar surface area (TPSA) is 88.3 Å². The summed E-state index contributed by atoms with van der Waals surface area (Å²) in [6.45, 7) is 2.76. The van der Waals surface area contributed by atoms with E-state index in [1.807, 2.05) is 17.9 Å². The molecule has 1 amide bonds. The van der Waals surface area contributed by atoms with E-state index >= 15 is 0 Å². The van der Waals surface area contributed by atoms with Crippen LogP contribution in [-0.4, -0.2) is 41.7 Å². The minimum atomic E-state index is -0.162. The lowest BCUT2D eigenvalue weighted by Crippen LogP contribution is -2.41. The summed E-state index contributed by atoms with van der Waals surface area (Å²) in [6.07, 6.45) is 6.23. The van der Waals surface area contributed by atoms with E-state index < -0.39 is 0 Å². The van der Waals surface area contributed by atoms with Crippen molar-refractivity contribution in [3.05, 3.63) is 52.3 Å². The highest BCUT2D eigenvalue weighted by Crippen LogP contribution is 2.29. The third-order valence-corrected chi connectivity index (χ3v) is 4.62. The smallest absolute Gasteiger partial charge is 0.272 e. The molecule has 4 heterocycles. The number of H-pyrrole nitrogens is 1. The van der Waals surface area contributed by atoms with Gasteiger partial charge in [0.15, 0.2) is 5.65 Å². The molecule has 3 aromatic heterocycles. The quantitative estimate of drug-likeness (QED) is 0.778.